The average molecular weight is 287 g/mol. The van der Waals surface area contributed by atoms with E-state index in [1.165, 1.54) is 16.0 Å². The van der Waals surface area contributed by atoms with Crippen LogP contribution in [0.4, 0.5) is 0 Å². The minimum Gasteiger partial charge on any atom is -0.457 e. The standard InChI is InChI=1S/C17H21NOS/c1-13-11-15(9-10-17(13)20-4)19-16-8-6-5-7-14(16)12-18(2)3/h5-11H,12H2,1-4H3. The molecule has 0 aliphatic carbocycles. The molecule has 0 saturated heterocycles. The fraction of sp³-hybridized carbons (Fsp3) is 0.294. The maximum absolute atomic E-state index is 6.05. The summed E-state index contributed by atoms with van der Waals surface area (Å²) >= 11 is 1.76. The van der Waals surface area contributed by atoms with Crippen molar-refractivity contribution in [3.8, 4) is 11.5 Å². The molecule has 20 heavy (non-hydrogen) atoms. The fourth-order valence-electron chi connectivity index (χ4n) is 2.12. The molecule has 0 heterocycles. The highest BCUT2D eigenvalue weighted by Crippen LogP contribution is 2.29. The molecule has 2 aromatic carbocycles. The lowest BCUT2D eigenvalue weighted by Gasteiger charge is -2.15. The predicted octanol–water partition coefficient (Wildman–Crippen LogP) is 4.57. The van der Waals surface area contributed by atoms with Gasteiger partial charge in [0, 0.05) is 17.0 Å². The molecular weight excluding hydrogens is 266 g/mol. The maximum atomic E-state index is 6.05. The first-order valence-electron chi connectivity index (χ1n) is 6.65. The summed E-state index contributed by atoms with van der Waals surface area (Å²) in [6, 6.07) is 14.4. The summed E-state index contributed by atoms with van der Waals surface area (Å²) in [5.74, 6) is 1.82. The van der Waals surface area contributed by atoms with Crippen LogP contribution in [0.1, 0.15) is 11.1 Å². The van der Waals surface area contributed by atoms with Crippen LogP contribution in [0, 0.1) is 6.92 Å². The summed E-state index contributed by atoms with van der Waals surface area (Å²) < 4.78 is 6.05. The highest BCUT2D eigenvalue weighted by Gasteiger charge is 2.06. The molecule has 0 aliphatic heterocycles. The van der Waals surface area contributed by atoms with E-state index in [-0.39, 0.29) is 0 Å². The highest BCUT2D eigenvalue weighted by atomic mass is 32.2. The van der Waals surface area contributed by atoms with E-state index in [0.717, 1.165) is 18.0 Å². The molecule has 2 rings (SSSR count). The first-order valence-corrected chi connectivity index (χ1v) is 7.87. The molecule has 0 unspecified atom stereocenters. The smallest absolute Gasteiger partial charge is 0.131 e. The number of hydrogen-bond donors (Lipinski definition) is 0. The lowest BCUT2D eigenvalue weighted by atomic mass is 10.2. The molecule has 2 nitrogen and oxygen atoms in total. The third kappa shape index (κ3) is 3.78. The molecule has 0 aromatic heterocycles. The Bertz CT molecular complexity index is 581. The Kier molecular flexibility index (Phi) is 5.10. The van der Waals surface area contributed by atoms with E-state index >= 15 is 0 Å². The van der Waals surface area contributed by atoms with Crippen molar-refractivity contribution in [1.29, 1.82) is 0 Å². The van der Waals surface area contributed by atoms with Crippen molar-refractivity contribution < 1.29 is 4.74 Å². The monoisotopic (exact) mass is 287 g/mol. The van der Waals surface area contributed by atoms with Gasteiger partial charge in [0.15, 0.2) is 0 Å². The molecule has 0 spiro atoms. The van der Waals surface area contributed by atoms with Gasteiger partial charge in [-0.05, 0) is 57.1 Å². The van der Waals surface area contributed by atoms with Crippen LogP contribution in [-0.2, 0) is 6.54 Å². The van der Waals surface area contributed by atoms with Gasteiger partial charge >= 0.3 is 0 Å². The van der Waals surface area contributed by atoms with E-state index < -0.39 is 0 Å². The molecule has 0 atom stereocenters. The minimum absolute atomic E-state index is 0.873. The fourth-order valence-corrected chi connectivity index (χ4v) is 2.70. The number of para-hydroxylation sites is 1. The van der Waals surface area contributed by atoms with E-state index in [1.54, 1.807) is 11.8 Å². The van der Waals surface area contributed by atoms with E-state index in [2.05, 4.69) is 50.4 Å². The van der Waals surface area contributed by atoms with E-state index in [4.69, 9.17) is 4.74 Å². The van der Waals surface area contributed by atoms with Crippen LogP contribution in [0.3, 0.4) is 0 Å². The third-order valence-corrected chi connectivity index (χ3v) is 3.95. The Morgan fingerprint density at radius 1 is 1.10 bits per heavy atom. The lowest BCUT2D eigenvalue weighted by Crippen LogP contribution is -2.11. The SMILES string of the molecule is CSc1ccc(Oc2ccccc2CN(C)C)cc1C. The zero-order valence-electron chi connectivity index (χ0n) is 12.5. The van der Waals surface area contributed by atoms with Gasteiger partial charge in [0.05, 0.1) is 0 Å². The molecule has 106 valence electrons. The Labute approximate surface area is 125 Å². The summed E-state index contributed by atoms with van der Waals surface area (Å²) in [7, 11) is 4.13. The van der Waals surface area contributed by atoms with Gasteiger partial charge in [0.2, 0.25) is 0 Å². The number of rotatable bonds is 5. The lowest BCUT2D eigenvalue weighted by molar-refractivity contribution is 0.388. The Morgan fingerprint density at radius 2 is 1.85 bits per heavy atom. The van der Waals surface area contributed by atoms with Gasteiger partial charge in [-0.3, -0.25) is 0 Å². The Hall–Kier alpha value is -1.45. The molecule has 0 aliphatic rings. The van der Waals surface area contributed by atoms with Gasteiger partial charge in [0.25, 0.3) is 0 Å². The second-order valence-corrected chi connectivity index (χ2v) is 5.93. The number of thioether (sulfide) groups is 1. The van der Waals surface area contributed by atoms with Crippen LogP contribution in [0.15, 0.2) is 47.4 Å². The van der Waals surface area contributed by atoms with Crippen molar-refractivity contribution in [3.05, 3.63) is 53.6 Å². The van der Waals surface area contributed by atoms with Crippen molar-refractivity contribution in [1.82, 2.24) is 4.90 Å². The zero-order chi connectivity index (χ0) is 14.5. The average Bonchev–Trinajstić information content (AvgIpc) is 2.41. The van der Waals surface area contributed by atoms with E-state index in [9.17, 15) is 0 Å². The molecule has 0 saturated carbocycles. The summed E-state index contributed by atoms with van der Waals surface area (Å²) in [5, 5.41) is 0. The molecule has 3 heteroatoms. The van der Waals surface area contributed by atoms with Crippen molar-refractivity contribution >= 4 is 11.8 Å². The van der Waals surface area contributed by atoms with Gasteiger partial charge < -0.3 is 9.64 Å². The molecule has 0 amide bonds. The summed E-state index contributed by atoms with van der Waals surface area (Å²) in [6.45, 7) is 2.99. The number of nitrogens with zero attached hydrogens (tertiary/aromatic N) is 1. The normalized spacial score (nSPS) is 10.8. The molecule has 2 aromatic rings. The van der Waals surface area contributed by atoms with Crippen LogP contribution in [-0.4, -0.2) is 25.3 Å². The summed E-state index contributed by atoms with van der Waals surface area (Å²) in [4.78, 5) is 3.43. The first kappa shape index (κ1) is 14.9. The zero-order valence-corrected chi connectivity index (χ0v) is 13.3. The third-order valence-electron chi connectivity index (χ3n) is 3.05. The van der Waals surface area contributed by atoms with Gasteiger partial charge in [-0.1, -0.05) is 18.2 Å². The number of aryl methyl sites for hydroxylation is 1. The predicted molar refractivity (Wildman–Crippen MR) is 86.9 cm³/mol. The highest BCUT2D eigenvalue weighted by molar-refractivity contribution is 7.98. The van der Waals surface area contributed by atoms with E-state index in [1.807, 2.05) is 24.3 Å². The van der Waals surface area contributed by atoms with Crippen LogP contribution < -0.4 is 4.74 Å². The Balaban J connectivity index is 2.23. The Morgan fingerprint density at radius 3 is 2.50 bits per heavy atom. The van der Waals surface area contributed by atoms with Gasteiger partial charge in [-0.25, -0.2) is 0 Å². The van der Waals surface area contributed by atoms with Crippen LogP contribution in [0.25, 0.3) is 0 Å². The molecule has 0 radical (unpaired) electrons. The van der Waals surface area contributed by atoms with Crippen LogP contribution in [0.5, 0.6) is 11.5 Å². The van der Waals surface area contributed by atoms with E-state index in [0.29, 0.717) is 0 Å². The molecule has 0 bridgehead atoms. The van der Waals surface area contributed by atoms with Gasteiger partial charge in [0.1, 0.15) is 11.5 Å². The topological polar surface area (TPSA) is 12.5 Å². The molecule has 0 fully saturated rings. The first-order chi connectivity index (χ1) is 9.60. The van der Waals surface area contributed by atoms with Gasteiger partial charge in [-0.15, -0.1) is 11.8 Å². The quantitative estimate of drug-likeness (QED) is 0.747. The molecular formula is C17H21NOS. The number of hydrogen-bond acceptors (Lipinski definition) is 3. The second-order valence-electron chi connectivity index (χ2n) is 5.08. The van der Waals surface area contributed by atoms with Crippen LogP contribution in [0.2, 0.25) is 0 Å². The maximum Gasteiger partial charge on any atom is 0.131 e. The number of benzene rings is 2. The van der Waals surface area contributed by atoms with Crippen molar-refractivity contribution in [2.75, 3.05) is 20.4 Å². The van der Waals surface area contributed by atoms with Crippen molar-refractivity contribution in [3.63, 3.8) is 0 Å². The summed E-state index contributed by atoms with van der Waals surface area (Å²) in [5.41, 5.74) is 2.45. The van der Waals surface area contributed by atoms with Crippen molar-refractivity contribution in [2.45, 2.75) is 18.4 Å². The van der Waals surface area contributed by atoms with Gasteiger partial charge in [-0.2, -0.15) is 0 Å². The number of ether oxygens (including phenoxy) is 1. The largest absolute Gasteiger partial charge is 0.457 e. The van der Waals surface area contributed by atoms with Crippen LogP contribution >= 0.6 is 11.8 Å². The van der Waals surface area contributed by atoms with Crippen molar-refractivity contribution in [2.24, 2.45) is 0 Å². The molecule has 0 N–H and O–H groups in total. The second kappa shape index (κ2) is 6.82. The summed E-state index contributed by atoms with van der Waals surface area (Å²) in [6.07, 6.45) is 2.09. The minimum atomic E-state index is 0.873.